The van der Waals surface area contributed by atoms with Gasteiger partial charge < -0.3 is 14.4 Å². The summed E-state index contributed by atoms with van der Waals surface area (Å²) in [5, 5.41) is 9.15. The Kier molecular flexibility index (Phi) is 4.13. The van der Waals surface area contributed by atoms with Crippen LogP contribution in [-0.2, 0) is 4.79 Å². The molecule has 1 heterocycles. The molecule has 1 atom stereocenters. The highest BCUT2D eigenvalue weighted by atomic mass is 16.4. The average molecular weight is 273 g/mol. The van der Waals surface area contributed by atoms with Crippen LogP contribution in [0.4, 0.5) is 5.69 Å². The first-order chi connectivity index (χ1) is 9.49. The predicted octanol–water partition coefficient (Wildman–Crippen LogP) is 3.55. The van der Waals surface area contributed by atoms with E-state index in [-0.39, 0.29) is 12.6 Å². The number of rotatable bonds is 5. The number of anilines is 1. The lowest BCUT2D eigenvalue weighted by Crippen LogP contribution is -2.32. The van der Waals surface area contributed by atoms with E-state index >= 15 is 0 Å². The van der Waals surface area contributed by atoms with Crippen molar-refractivity contribution < 1.29 is 14.3 Å². The maximum absolute atomic E-state index is 11.1. The van der Waals surface area contributed by atoms with Crippen LogP contribution in [0.15, 0.2) is 40.8 Å². The fourth-order valence-corrected chi connectivity index (χ4v) is 2.45. The third kappa shape index (κ3) is 3.02. The number of furan rings is 1. The van der Waals surface area contributed by atoms with Crippen molar-refractivity contribution in [2.75, 3.05) is 11.4 Å². The minimum absolute atomic E-state index is 0.0468. The highest BCUT2D eigenvalue weighted by molar-refractivity contribution is 5.74. The summed E-state index contributed by atoms with van der Waals surface area (Å²) in [6.45, 7) is 5.75. The first-order valence-corrected chi connectivity index (χ1v) is 6.59. The number of hydrogen-bond acceptors (Lipinski definition) is 3. The summed E-state index contributed by atoms with van der Waals surface area (Å²) in [6, 6.07) is 11.5. The van der Waals surface area contributed by atoms with Crippen molar-refractivity contribution in [3.8, 4) is 0 Å². The molecule has 2 aromatic rings. The van der Waals surface area contributed by atoms with Gasteiger partial charge in [-0.15, -0.1) is 0 Å². The van der Waals surface area contributed by atoms with Gasteiger partial charge in [0.25, 0.3) is 0 Å². The van der Waals surface area contributed by atoms with Gasteiger partial charge in [-0.1, -0.05) is 18.2 Å². The Morgan fingerprint density at radius 3 is 2.45 bits per heavy atom. The zero-order valence-corrected chi connectivity index (χ0v) is 12.0. The molecule has 0 amide bonds. The van der Waals surface area contributed by atoms with Gasteiger partial charge >= 0.3 is 5.97 Å². The number of hydrogen-bond donors (Lipinski definition) is 1. The van der Waals surface area contributed by atoms with Gasteiger partial charge in [0, 0.05) is 11.3 Å². The van der Waals surface area contributed by atoms with Gasteiger partial charge in [0.15, 0.2) is 0 Å². The van der Waals surface area contributed by atoms with Crippen LogP contribution in [0.5, 0.6) is 0 Å². The first kappa shape index (κ1) is 14.2. The molecule has 4 heteroatoms. The van der Waals surface area contributed by atoms with Crippen LogP contribution < -0.4 is 4.90 Å². The van der Waals surface area contributed by atoms with Gasteiger partial charge in [-0.3, -0.25) is 4.79 Å². The lowest BCUT2D eigenvalue weighted by atomic mass is 10.1. The van der Waals surface area contributed by atoms with Crippen molar-refractivity contribution in [2.45, 2.75) is 26.8 Å². The molecular weight excluding hydrogens is 254 g/mol. The fourth-order valence-electron chi connectivity index (χ4n) is 2.45. The molecule has 0 aliphatic heterocycles. The Morgan fingerprint density at radius 2 is 1.95 bits per heavy atom. The molecule has 0 spiro atoms. The largest absolute Gasteiger partial charge is 0.480 e. The third-order valence-electron chi connectivity index (χ3n) is 3.39. The minimum atomic E-state index is -0.849. The number of benzene rings is 1. The second kappa shape index (κ2) is 5.82. The van der Waals surface area contributed by atoms with Crippen LogP contribution >= 0.6 is 0 Å². The molecule has 0 fully saturated rings. The number of carbonyl (C=O) groups is 1. The third-order valence-corrected chi connectivity index (χ3v) is 3.39. The molecule has 0 radical (unpaired) electrons. The Hall–Kier alpha value is -2.23. The summed E-state index contributed by atoms with van der Waals surface area (Å²) in [4.78, 5) is 13.0. The summed E-state index contributed by atoms with van der Waals surface area (Å²) in [7, 11) is 0. The van der Waals surface area contributed by atoms with Gasteiger partial charge in [0.1, 0.15) is 18.1 Å². The highest BCUT2D eigenvalue weighted by Gasteiger charge is 2.22. The van der Waals surface area contributed by atoms with Gasteiger partial charge in [-0.2, -0.15) is 0 Å². The van der Waals surface area contributed by atoms with E-state index in [4.69, 9.17) is 9.52 Å². The Morgan fingerprint density at radius 1 is 1.30 bits per heavy atom. The number of para-hydroxylation sites is 1. The lowest BCUT2D eigenvalue weighted by Gasteiger charge is -2.29. The van der Waals surface area contributed by atoms with E-state index in [2.05, 4.69) is 0 Å². The van der Waals surface area contributed by atoms with Crippen molar-refractivity contribution in [3.63, 3.8) is 0 Å². The summed E-state index contributed by atoms with van der Waals surface area (Å²) in [5.41, 5.74) is 1.91. The molecule has 1 aromatic heterocycles. The van der Waals surface area contributed by atoms with Crippen LogP contribution in [0.25, 0.3) is 0 Å². The summed E-state index contributed by atoms with van der Waals surface area (Å²) in [6.07, 6.45) is 0. The first-order valence-electron chi connectivity index (χ1n) is 6.59. The SMILES string of the molecule is Cc1cc(C(C)N(CC(=O)O)c2ccccc2)c(C)o1. The van der Waals surface area contributed by atoms with Crippen LogP contribution in [-0.4, -0.2) is 17.6 Å². The van der Waals surface area contributed by atoms with Gasteiger partial charge in [0.2, 0.25) is 0 Å². The lowest BCUT2D eigenvalue weighted by molar-refractivity contribution is -0.135. The number of aryl methyl sites for hydroxylation is 2. The van der Waals surface area contributed by atoms with Crippen molar-refractivity contribution >= 4 is 11.7 Å². The smallest absolute Gasteiger partial charge is 0.323 e. The topological polar surface area (TPSA) is 53.7 Å². The summed E-state index contributed by atoms with van der Waals surface area (Å²) < 4.78 is 5.55. The molecule has 1 N–H and O–H groups in total. The van der Waals surface area contributed by atoms with Crippen molar-refractivity contribution in [3.05, 3.63) is 53.5 Å². The molecule has 20 heavy (non-hydrogen) atoms. The second-order valence-electron chi connectivity index (χ2n) is 4.90. The van der Waals surface area contributed by atoms with E-state index in [0.29, 0.717) is 0 Å². The molecule has 0 aliphatic carbocycles. The van der Waals surface area contributed by atoms with Gasteiger partial charge in [0.05, 0.1) is 6.04 Å². The van der Waals surface area contributed by atoms with E-state index in [1.807, 2.05) is 62.1 Å². The normalized spacial score (nSPS) is 12.2. The quantitative estimate of drug-likeness (QED) is 0.905. The van der Waals surface area contributed by atoms with E-state index < -0.39 is 5.97 Å². The number of carboxylic acid groups (broad SMARTS) is 1. The van der Waals surface area contributed by atoms with E-state index in [9.17, 15) is 4.79 Å². The zero-order chi connectivity index (χ0) is 14.7. The van der Waals surface area contributed by atoms with Crippen molar-refractivity contribution in [1.82, 2.24) is 0 Å². The Labute approximate surface area is 118 Å². The van der Waals surface area contributed by atoms with Crippen LogP contribution in [0.3, 0.4) is 0 Å². The van der Waals surface area contributed by atoms with Crippen LogP contribution in [0.1, 0.15) is 30.0 Å². The molecule has 1 unspecified atom stereocenters. The molecule has 2 rings (SSSR count). The Balaban J connectivity index is 2.36. The van der Waals surface area contributed by atoms with Crippen molar-refractivity contribution in [1.29, 1.82) is 0 Å². The van der Waals surface area contributed by atoms with Crippen LogP contribution in [0.2, 0.25) is 0 Å². The maximum atomic E-state index is 11.1. The van der Waals surface area contributed by atoms with E-state index in [1.165, 1.54) is 0 Å². The van der Waals surface area contributed by atoms with Crippen LogP contribution in [0, 0.1) is 13.8 Å². The molecule has 0 aliphatic rings. The molecular formula is C16H19NO3. The fraction of sp³-hybridized carbons (Fsp3) is 0.312. The molecule has 106 valence electrons. The average Bonchev–Trinajstić information content (AvgIpc) is 2.75. The number of aliphatic carboxylic acids is 1. The molecule has 0 saturated carbocycles. The Bertz CT molecular complexity index is 589. The van der Waals surface area contributed by atoms with Gasteiger partial charge in [-0.25, -0.2) is 0 Å². The zero-order valence-electron chi connectivity index (χ0n) is 12.0. The highest BCUT2D eigenvalue weighted by Crippen LogP contribution is 2.30. The molecule has 0 saturated heterocycles. The van der Waals surface area contributed by atoms with Crippen molar-refractivity contribution in [2.24, 2.45) is 0 Å². The maximum Gasteiger partial charge on any atom is 0.323 e. The molecule has 1 aromatic carbocycles. The standard InChI is InChI=1S/C16H19NO3/c1-11-9-15(13(3)20-11)12(2)17(10-16(18)19)14-7-5-4-6-8-14/h4-9,12H,10H2,1-3H3,(H,18,19). The van der Waals surface area contributed by atoms with E-state index in [1.54, 1.807) is 0 Å². The second-order valence-corrected chi connectivity index (χ2v) is 4.90. The summed E-state index contributed by atoms with van der Waals surface area (Å²) in [5.74, 6) is 0.826. The minimum Gasteiger partial charge on any atom is -0.480 e. The predicted molar refractivity (Wildman–Crippen MR) is 78.0 cm³/mol. The summed E-state index contributed by atoms with van der Waals surface area (Å²) >= 11 is 0. The monoisotopic (exact) mass is 273 g/mol. The number of carboxylic acids is 1. The van der Waals surface area contributed by atoms with Gasteiger partial charge in [-0.05, 0) is 39.0 Å². The number of nitrogens with zero attached hydrogens (tertiary/aromatic N) is 1. The molecule has 0 bridgehead atoms. The van der Waals surface area contributed by atoms with E-state index in [0.717, 1.165) is 22.8 Å². The molecule has 4 nitrogen and oxygen atoms in total.